The maximum atomic E-state index is 13.4. The second-order valence-corrected chi connectivity index (χ2v) is 7.53. The normalized spacial score (nSPS) is 11.7. The molecule has 0 saturated carbocycles. The first kappa shape index (κ1) is 23.0. The molecular weight excluding hydrogens is 405 g/mol. The van der Waals surface area contributed by atoms with E-state index >= 15 is 0 Å². The van der Waals surface area contributed by atoms with Crippen molar-refractivity contribution in [2.24, 2.45) is 5.73 Å². The number of hydrogen-bond acceptors (Lipinski definition) is 6. The molecule has 1 heterocycles. The van der Waals surface area contributed by atoms with Gasteiger partial charge in [0.25, 0.3) is 0 Å². The summed E-state index contributed by atoms with van der Waals surface area (Å²) in [5.74, 6) is -0.621. The van der Waals surface area contributed by atoms with E-state index in [1.807, 2.05) is 6.92 Å². The zero-order valence-electron chi connectivity index (χ0n) is 16.4. The summed E-state index contributed by atoms with van der Waals surface area (Å²) in [4.78, 5) is 17.0. The number of primary amides is 1. The second kappa shape index (κ2) is 10.4. The molecule has 10 heteroatoms. The fourth-order valence-corrected chi connectivity index (χ4v) is 3.37. The molecule has 0 aliphatic carbocycles. The van der Waals surface area contributed by atoms with Crippen molar-refractivity contribution in [2.75, 3.05) is 25.5 Å². The van der Waals surface area contributed by atoms with Crippen LogP contribution < -0.4 is 15.8 Å². The van der Waals surface area contributed by atoms with Crippen molar-refractivity contribution in [3.63, 3.8) is 0 Å². The number of aromatic nitrogens is 1. The van der Waals surface area contributed by atoms with Gasteiger partial charge in [0.1, 0.15) is 5.75 Å². The van der Waals surface area contributed by atoms with Gasteiger partial charge in [-0.25, -0.2) is 4.98 Å². The highest BCUT2D eigenvalue weighted by atomic mass is 32.1. The van der Waals surface area contributed by atoms with Gasteiger partial charge in [0.15, 0.2) is 5.13 Å². The number of unbranched alkanes of at least 4 members (excludes halogenated alkanes) is 2. The van der Waals surface area contributed by atoms with Gasteiger partial charge in [0, 0.05) is 17.6 Å². The molecule has 0 radical (unpaired) electrons. The molecule has 0 aliphatic rings. The third kappa shape index (κ3) is 7.54. The number of carbonyl (C=O) groups is 1. The van der Waals surface area contributed by atoms with E-state index in [9.17, 15) is 18.0 Å². The van der Waals surface area contributed by atoms with Gasteiger partial charge < -0.3 is 15.8 Å². The first-order chi connectivity index (χ1) is 13.7. The number of nitrogens with two attached hydrogens (primary N) is 1. The topological polar surface area (TPSA) is 80.5 Å². The van der Waals surface area contributed by atoms with Crippen LogP contribution in [0.4, 0.5) is 24.0 Å². The molecule has 2 rings (SSSR count). The summed E-state index contributed by atoms with van der Waals surface area (Å²) in [5, 5.41) is 5.13. The molecule has 0 atom stereocenters. The minimum Gasteiger partial charge on any atom is -0.493 e. The second-order valence-electron chi connectivity index (χ2n) is 6.67. The van der Waals surface area contributed by atoms with Gasteiger partial charge in [0.05, 0.1) is 24.4 Å². The molecule has 0 bridgehead atoms. The summed E-state index contributed by atoms with van der Waals surface area (Å²) in [6.45, 7) is 2.76. The number of rotatable bonds is 11. The number of ether oxygens (including phenoxy) is 1. The first-order valence-corrected chi connectivity index (χ1v) is 10.1. The lowest BCUT2D eigenvalue weighted by Crippen LogP contribution is -2.30. The molecule has 1 amide bonds. The maximum Gasteiger partial charge on any atom is 0.420 e. The van der Waals surface area contributed by atoms with Crippen molar-refractivity contribution in [3.8, 4) is 5.75 Å². The SMILES string of the molecule is CCCCCOc1ccc(Nc2nc(CN(C)CC(N)=O)cs2)cc1C(F)(F)F. The number of thiazole rings is 1. The highest BCUT2D eigenvalue weighted by Gasteiger charge is 2.34. The number of nitrogens with one attached hydrogen (secondary N) is 1. The Morgan fingerprint density at radius 3 is 2.76 bits per heavy atom. The van der Waals surface area contributed by atoms with Gasteiger partial charge in [0.2, 0.25) is 5.91 Å². The van der Waals surface area contributed by atoms with E-state index in [1.165, 1.54) is 23.5 Å². The summed E-state index contributed by atoms with van der Waals surface area (Å²) < 4.78 is 45.6. The minimum atomic E-state index is -4.52. The van der Waals surface area contributed by atoms with E-state index in [-0.39, 0.29) is 24.6 Å². The predicted octanol–water partition coefficient (Wildman–Crippen LogP) is 4.39. The summed E-state index contributed by atoms with van der Waals surface area (Å²) >= 11 is 1.26. The Kier molecular flexibility index (Phi) is 8.27. The monoisotopic (exact) mass is 430 g/mol. The van der Waals surface area contributed by atoms with Gasteiger partial charge in [-0.15, -0.1) is 11.3 Å². The fraction of sp³-hybridized carbons (Fsp3) is 0.474. The smallest absolute Gasteiger partial charge is 0.420 e. The highest BCUT2D eigenvalue weighted by molar-refractivity contribution is 7.13. The van der Waals surface area contributed by atoms with Crippen LogP contribution in [0.2, 0.25) is 0 Å². The Hall–Kier alpha value is -2.33. The van der Waals surface area contributed by atoms with Gasteiger partial charge in [-0.1, -0.05) is 19.8 Å². The van der Waals surface area contributed by atoms with E-state index in [0.29, 0.717) is 23.8 Å². The average molecular weight is 430 g/mol. The van der Waals surface area contributed by atoms with Crippen LogP contribution in [0.5, 0.6) is 5.75 Å². The van der Waals surface area contributed by atoms with Crippen LogP contribution >= 0.6 is 11.3 Å². The molecule has 0 unspecified atom stereocenters. The van der Waals surface area contributed by atoms with Crippen molar-refractivity contribution in [3.05, 3.63) is 34.8 Å². The Morgan fingerprint density at radius 1 is 1.34 bits per heavy atom. The number of carbonyl (C=O) groups excluding carboxylic acids is 1. The molecule has 1 aromatic heterocycles. The largest absolute Gasteiger partial charge is 0.493 e. The quantitative estimate of drug-likeness (QED) is 0.517. The summed E-state index contributed by atoms with van der Waals surface area (Å²) in [7, 11) is 1.73. The average Bonchev–Trinajstić information content (AvgIpc) is 3.04. The Bertz CT molecular complexity index is 811. The number of hydrogen-bond donors (Lipinski definition) is 2. The first-order valence-electron chi connectivity index (χ1n) is 9.21. The Morgan fingerprint density at radius 2 is 2.10 bits per heavy atom. The molecule has 0 spiro atoms. The molecule has 6 nitrogen and oxygen atoms in total. The van der Waals surface area contributed by atoms with E-state index < -0.39 is 17.6 Å². The standard InChI is InChI=1S/C19H25F3N4O2S/c1-3-4-5-8-28-16-7-6-13(9-15(16)19(20,21)22)24-18-25-14(12-29-18)10-26(2)11-17(23)27/h6-7,9,12H,3-5,8,10-11H2,1-2H3,(H2,23,27)(H,24,25). The van der Waals surface area contributed by atoms with Gasteiger partial charge in [-0.3, -0.25) is 9.69 Å². The van der Waals surface area contributed by atoms with Crippen LogP contribution in [0.3, 0.4) is 0 Å². The van der Waals surface area contributed by atoms with E-state index in [1.54, 1.807) is 17.3 Å². The summed E-state index contributed by atoms with van der Waals surface area (Å²) in [5.41, 5.74) is 5.28. The lowest BCUT2D eigenvalue weighted by molar-refractivity contribution is -0.138. The lowest BCUT2D eigenvalue weighted by atomic mass is 10.1. The molecule has 2 aromatic rings. The van der Waals surface area contributed by atoms with E-state index in [0.717, 1.165) is 18.9 Å². The zero-order chi connectivity index (χ0) is 21.4. The zero-order valence-corrected chi connectivity index (χ0v) is 17.2. The van der Waals surface area contributed by atoms with Crippen molar-refractivity contribution in [1.82, 2.24) is 9.88 Å². The van der Waals surface area contributed by atoms with E-state index in [2.05, 4.69) is 10.3 Å². The van der Waals surface area contributed by atoms with Gasteiger partial charge in [-0.05, 0) is 31.7 Å². The van der Waals surface area contributed by atoms with Crippen LogP contribution in [0.15, 0.2) is 23.6 Å². The molecule has 0 fully saturated rings. The number of halogens is 3. The minimum absolute atomic E-state index is 0.0922. The lowest BCUT2D eigenvalue weighted by Gasteiger charge is -2.15. The number of anilines is 2. The number of benzene rings is 1. The summed E-state index contributed by atoms with van der Waals surface area (Å²) in [6, 6.07) is 3.88. The molecule has 0 saturated heterocycles. The number of nitrogens with zero attached hydrogens (tertiary/aromatic N) is 2. The highest BCUT2D eigenvalue weighted by Crippen LogP contribution is 2.38. The van der Waals surface area contributed by atoms with Crippen molar-refractivity contribution >= 4 is 28.1 Å². The maximum absolute atomic E-state index is 13.4. The van der Waals surface area contributed by atoms with Crippen molar-refractivity contribution in [1.29, 1.82) is 0 Å². The fourth-order valence-electron chi connectivity index (χ4n) is 2.65. The third-order valence-corrected chi connectivity index (χ3v) is 4.76. The number of likely N-dealkylation sites (N-methyl/N-ethyl adjacent to an activating group) is 1. The third-order valence-electron chi connectivity index (χ3n) is 3.95. The molecule has 3 N–H and O–H groups in total. The van der Waals surface area contributed by atoms with Crippen LogP contribution in [0, 0.1) is 0 Å². The molecule has 1 aromatic carbocycles. The van der Waals surface area contributed by atoms with Crippen LogP contribution in [0.1, 0.15) is 37.4 Å². The van der Waals surface area contributed by atoms with Crippen molar-refractivity contribution in [2.45, 2.75) is 38.9 Å². The molecule has 160 valence electrons. The predicted molar refractivity (Wildman–Crippen MR) is 107 cm³/mol. The van der Waals surface area contributed by atoms with Crippen molar-refractivity contribution < 1.29 is 22.7 Å². The van der Waals surface area contributed by atoms with Crippen LogP contribution in [-0.2, 0) is 17.5 Å². The Balaban J connectivity index is 2.08. The number of alkyl halides is 3. The van der Waals surface area contributed by atoms with Crippen LogP contribution in [-0.4, -0.2) is 36.0 Å². The summed E-state index contributed by atoms with van der Waals surface area (Å²) in [6.07, 6.45) is -1.95. The Labute approximate surface area is 171 Å². The molecular formula is C19H25F3N4O2S. The van der Waals surface area contributed by atoms with Gasteiger partial charge in [-0.2, -0.15) is 13.2 Å². The van der Waals surface area contributed by atoms with Gasteiger partial charge >= 0.3 is 6.18 Å². The van der Waals surface area contributed by atoms with E-state index in [4.69, 9.17) is 10.5 Å². The molecule has 0 aliphatic heterocycles. The van der Waals surface area contributed by atoms with Crippen LogP contribution in [0.25, 0.3) is 0 Å². The number of amides is 1. The molecule has 29 heavy (non-hydrogen) atoms.